The van der Waals surface area contributed by atoms with Crippen LogP contribution < -0.4 is 10.4 Å². The van der Waals surface area contributed by atoms with Crippen LogP contribution in [0.15, 0.2) is 21.3 Å². The Bertz CT molecular complexity index is 915. The van der Waals surface area contributed by atoms with Gasteiger partial charge in [0.15, 0.2) is 5.78 Å². The predicted octanol–water partition coefficient (Wildman–Crippen LogP) is 3.12. The summed E-state index contributed by atoms with van der Waals surface area (Å²) in [6.45, 7) is 8.97. The van der Waals surface area contributed by atoms with Crippen LogP contribution in [0, 0.1) is 19.3 Å². The molecule has 0 aliphatic carbocycles. The number of Topliss-reactive ketones (excluding diaryl/α,β-unsaturated/α-hetero) is 1. The minimum atomic E-state index is -0.577. The van der Waals surface area contributed by atoms with Crippen LogP contribution in [0.1, 0.15) is 37.5 Å². The summed E-state index contributed by atoms with van der Waals surface area (Å²) in [7, 11) is 1.27. The maximum absolute atomic E-state index is 12.3. The summed E-state index contributed by atoms with van der Waals surface area (Å²) < 4.78 is 15.7. The van der Waals surface area contributed by atoms with Gasteiger partial charge in [-0.2, -0.15) is 0 Å². The van der Waals surface area contributed by atoms with Crippen molar-refractivity contribution in [2.45, 2.75) is 41.0 Å². The van der Waals surface area contributed by atoms with Crippen molar-refractivity contribution in [3.8, 4) is 5.75 Å². The van der Waals surface area contributed by atoms with Gasteiger partial charge in [-0.1, -0.05) is 20.8 Å². The van der Waals surface area contributed by atoms with Gasteiger partial charge in [-0.3, -0.25) is 9.59 Å². The van der Waals surface area contributed by atoms with E-state index in [9.17, 15) is 14.4 Å². The monoisotopic (exact) mass is 360 g/mol. The van der Waals surface area contributed by atoms with E-state index in [1.807, 2.05) is 20.8 Å². The number of fused-ring (bicyclic) bond motifs is 1. The summed E-state index contributed by atoms with van der Waals surface area (Å²) in [6, 6.07) is 3.50. The van der Waals surface area contributed by atoms with E-state index in [1.165, 1.54) is 7.11 Å². The number of ether oxygens (including phenoxy) is 2. The van der Waals surface area contributed by atoms with Gasteiger partial charge in [0.1, 0.15) is 17.9 Å². The van der Waals surface area contributed by atoms with E-state index in [4.69, 9.17) is 9.15 Å². The Morgan fingerprint density at radius 1 is 1.12 bits per heavy atom. The Morgan fingerprint density at radius 2 is 1.77 bits per heavy atom. The fraction of sp³-hybridized carbons (Fsp3) is 0.450. The molecular weight excluding hydrogens is 336 g/mol. The minimum Gasteiger partial charge on any atom is -0.485 e. The van der Waals surface area contributed by atoms with Gasteiger partial charge in [0.05, 0.1) is 19.1 Å². The summed E-state index contributed by atoms with van der Waals surface area (Å²) in [6.07, 6.45) is -0.141. The summed E-state index contributed by atoms with van der Waals surface area (Å²) in [5, 5.41) is 0.718. The Kier molecular flexibility index (Phi) is 5.54. The number of methoxy groups -OCH3 is 1. The number of ketones is 1. The maximum atomic E-state index is 12.3. The van der Waals surface area contributed by atoms with Gasteiger partial charge in [-0.05, 0) is 31.5 Å². The van der Waals surface area contributed by atoms with Crippen molar-refractivity contribution in [3.63, 3.8) is 0 Å². The highest BCUT2D eigenvalue weighted by molar-refractivity contribution is 5.87. The van der Waals surface area contributed by atoms with Gasteiger partial charge < -0.3 is 13.9 Å². The molecule has 0 fully saturated rings. The van der Waals surface area contributed by atoms with Crippen molar-refractivity contribution in [3.05, 3.63) is 39.2 Å². The van der Waals surface area contributed by atoms with Gasteiger partial charge in [-0.15, -0.1) is 0 Å². The van der Waals surface area contributed by atoms with Crippen LogP contribution in [0.3, 0.4) is 0 Å². The average Bonchev–Trinajstić information content (AvgIpc) is 2.57. The number of benzene rings is 1. The van der Waals surface area contributed by atoms with Gasteiger partial charge >= 0.3 is 11.6 Å². The van der Waals surface area contributed by atoms with Crippen molar-refractivity contribution in [1.29, 1.82) is 0 Å². The van der Waals surface area contributed by atoms with Crippen molar-refractivity contribution in [1.82, 2.24) is 0 Å². The number of rotatable bonds is 5. The van der Waals surface area contributed by atoms with E-state index in [0.717, 1.165) is 5.39 Å². The van der Waals surface area contributed by atoms with Crippen LogP contribution in [-0.4, -0.2) is 25.5 Å². The first-order chi connectivity index (χ1) is 12.1. The van der Waals surface area contributed by atoms with Gasteiger partial charge in [0.2, 0.25) is 0 Å². The number of aryl methyl sites for hydroxylation is 2. The van der Waals surface area contributed by atoms with E-state index in [2.05, 4.69) is 4.74 Å². The molecule has 1 aromatic heterocycles. The zero-order valence-electron chi connectivity index (χ0n) is 16.0. The van der Waals surface area contributed by atoms with Crippen LogP contribution in [0.4, 0.5) is 0 Å². The first kappa shape index (κ1) is 19.7. The minimum absolute atomic E-state index is 0.0249. The molecule has 0 aliphatic heterocycles. The molecule has 2 aromatic rings. The summed E-state index contributed by atoms with van der Waals surface area (Å²) in [5.74, 6) is -0.0430. The molecule has 1 heterocycles. The molecule has 0 saturated carbocycles. The highest BCUT2D eigenvalue weighted by Crippen LogP contribution is 2.30. The molecule has 1 aromatic carbocycles. The smallest absolute Gasteiger partial charge is 0.340 e. The van der Waals surface area contributed by atoms with Gasteiger partial charge in [-0.25, -0.2) is 4.79 Å². The third-order valence-electron chi connectivity index (χ3n) is 4.40. The molecular formula is C20H24O6. The molecule has 0 saturated heterocycles. The largest absolute Gasteiger partial charge is 0.485 e. The van der Waals surface area contributed by atoms with Crippen LogP contribution in [0.25, 0.3) is 11.0 Å². The zero-order chi connectivity index (χ0) is 19.6. The van der Waals surface area contributed by atoms with E-state index in [-0.39, 0.29) is 24.4 Å². The number of hydrogen-bond acceptors (Lipinski definition) is 6. The van der Waals surface area contributed by atoms with E-state index in [0.29, 0.717) is 22.5 Å². The molecule has 0 N–H and O–H groups in total. The second-order valence-corrected chi connectivity index (χ2v) is 7.27. The molecule has 2 rings (SSSR count). The third-order valence-corrected chi connectivity index (χ3v) is 4.40. The Balaban J connectivity index is 2.43. The fourth-order valence-corrected chi connectivity index (χ4v) is 2.51. The lowest BCUT2D eigenvalue weighted by atomic mass is 9.91. The highest BCUT2D eigenvalue weighted by Gasteiger charge is 2.22. The zero-order valence-corrected chi connectivity index (χ0v) is 16.0. The Labute approximate surface area is 152 Å². The Morgan fingerprint density at radius 3 is 2.35 bits per heavy atom. The van der Waals surface area contributed by atoms with Crippen molar-refractivity contribution < 1.29 is 23.5 Å². The quantitative estimate of drug-likeness (QED) is 0.602. The molecule has 0 radical (unpaired) electrons. The molecule has 6 heteroatoms. The normalized spacial score (nSPS) is 11.5. The van der Waals surface area contributed by atoms with Crippen molar-refractivity contribution in [2.24, 2.45) is 5.41 Å². The van der Waals surface area contributed by atoms with Crippen LogP contribution in [0.2, 0.25) is 0 Å². The lowest BCUT2D eigenvalue weighted by Gasteiger charge is -2.18. The lowest BCUT2D eigenvalue weighted by molar-refractivity contribution is -0.139. The molecule has 140 valence electrons. The first-order valence-electron chi connectivity index (χ1n) is 8.35. The van der Waals surface area contributed by atoms with Crippen LogP contribution >= 0.6 is 0 Å². The Hall–Kier alpha value is -2.63. The summed E-state index contributed by atoms with van der Waals surface area (Å²) in [5.41, 5.74) is 0.904. The topological polar surface area (TPSA) is 82.8 Å². The lowest BCUT2D eigenvalue weighted by Crippen LogP contribution is -2.26. The van der Waals surface area contributed by atoms with E-state index < -0.39 is 17.0 Å². The molecule has 6 nitrogen and oxygen atoms in total. The number of hydrogen-bond donors (Lipinski definition) is 0. The van der Waals surface area contributed by atoms with Gasteiger partial charge in [0, 0.05) is 16.4 Å². The predicted molar refractivity (Wildman–Crippen MR) is 97.6 cm³/mol. The summed E-state index contributed by atoms with van der Waals surface area (Å²) >= 11 is 0. The van der Waals surface area contributed by atoms with Crippen LogP contribution in [-0.2, 0) is 20.7 Å². The van der Waals surface area contributed by atoms with E-state index >= 15 is 0 Å². The van der Waals surface area contributed by atoms with Crippen molar-refractivity contribution in [2.75, 3.05) is 13.7 Å². The number of carbonyl (C=O) groups excluding carboxylic acids is 2. The molecule has 0 unspecified atom stereocenters. The van der Waals surface area contributed by atoms with Crippen molar-refractivity contribution >= 4 is 22.7 Å². The van der Waals surface area contributed by atoms with Gasteiger partial charge in [0.25, 0.3) is 0 Å². The summed E-state index contributed by atoms with van der Waals surface area (Å²) in [4.78, 5) is 35.9. The molecule has 0 aliphatic rings. The van der Waals surface area contributed by atoms with E-state index in [1.54, 1.807) is 26.0 Å². The second kappa shape index (κ2) is 7.32. The second-order valence-electron chi connectivity index (χ2n) is 7.27. The SMILES string of the molecule is COC(=O)Cc1c(C)c2ccc(OCC(=O)C(C)(C)C)c(C)c2oc1=O. The first-order valence-corrected chi connectivity index (χ1v) is 8.35. The standard InChI is InChI=1S/C20H24O6/c1-11-13-7-8-15(25-10-16(21)20(3,4)5)12(2)18(13)26-19(23)14(11)9-17(22)24-6/h7-8H,9-10H2,1-6H3. The third kappa shape index (κ3) is 3.95. The fourth-order valence-electron chi connectivity index (χ4n) is 2.51. The highest BCUT2D eigenvalue weighted by atomic mass is 16.5. The maximum Gasteiger partial charge on any atom is 0.340 e. The number of esters is 1. The average molecular weight is 360 g/mol. The molecule has 0 amide bonds. The molecule has 0 spiro atoms. The van der Waals surface area contributed by atoms with Crippen LogP contribution in [0.5, 0.6) is 5.75 Å². The number of carbonyl (C=O) groups is 2. The molecule has 26 heavy (non-hydrogen) atoms. The molecule has 0 bridgehead atoms. The molecule has 0 atom stereocenters.